The van der Waals surface area contributed by atoms with Crippen molar-refractivity contribution < 1.29 is 9.53 Å². The van der Waals surface area contributed by atoms with Crippen LogP contribution in [0.3, 0.4) is 0 Å². The third-order valence-electron chi connectivity index (χ3n) is 1.67. The zero-order valence-corrected chi connectivity index (χ0v) is 8.82. The molecule has 0 spiro atoms. The predicted octanol–water partition coefficient (Wildman–Crippen LogP) is 3.01. The minimum atomic E-state index is -0.188. The number of aryl methyl sites for hydroxylation is 1. The fourth-order valence-electron chi connectivity index (χ4n) is 0.925. The van der Waals surface area contributed by atoms with Crippen LogP contribution in [-0.2, 0) is 4.74 Å². The van der Waals surface area contributed by atoms with Gasteiger partial charge in [0.05, 0.1) is 6.61 Å². The SMILES string of the molecule is CCCCOC(=O)c1ccc(C)s1. The summed E-state index contributed by atoms with van der Waals surface area (Å²) in [4.78, 5) is 13.2. The lowest BCUT2D eigenvalue weighted by atomic mass is 10.4. The third-order valence-corrected chi connectivity index (χ3v) is 2.65. The molecule has 0 aliphatic heterocycles. The minimum absolute atomic E-state index is 0.188. The first kappa shape index (κ1) is 10.3. The number of ether oxygens (including phenoxy) is 1. The topological polar surface area (TPSA) is 26.3 Å². The normalized spacial score (nSPS) is 10.0. The average Bonchev–Trinajstić information content (AvgIpc) is 2.52. The zero-order chi connectivity index (χ0) is 9.68. The number of carbonyl (C=O) groups excluding carboxylic acids is 1. The Hall–Kier alpha value is -0.830. The molecule has 0 saturated heterocycles. The van der Waals surface area contributed by atoms with E-state index in [0.717, 1.165) is 17.7 Å². The minimum Gasteiger partial charge on any atom is -0.462 e. The molecule has 0 atom stereocenters. The summed E-state index contributed by atoms with van der Waals surface area (Å²) in [5.41, 5.74) is 0. The van der Waals surface area contributed by atoms with E-state index in [4.69, 9.17) is 4.74 Å². The van der Waals surface area contributed by atoms with E-state index in [-0.39, 0.29) is 5.97 Å². The molecule has 0 aliphatic carbocycles. The molecule has 1 aromatic heterocycles. The van der Waals surface area contributed by atoms with Crippen LogP contribution in [-0.4, -0.2) is 12.6 Å². The molecule has 3 heteroatoms. The Kier molecular flexibility index (Phi) is 3.96. The van der Waals surface area contributed by atoms with Gasteiger partial charge in [-0.3, -0.25) is 0 Å². The van der Waals surface area contributed by atoms with Gasteiger partial charge in [0.2, 0.25) is 0 Å². The Labute approximate surface area is 82.5 Å². The van der Waals surface area contributed by atoms with Crippen LogP contribution >= 0.6 is 11.3 Å². The quantitative estimate of drug-likeness (QED) is 0.549. The highest BCUT2D eigenvalue weighted by molar-refractivity contribution is 7.13. The van der Waals surface area contributed by atoms with E-state index in [0.29, 0.717) is 11.5 Å². The molecule has 0 amide bonds. The van der Waals surface area contributed by atoms with Crippen molar-refractivity contribution in [2.45, 2.75) is 26.7 Å². The number of thiophene rings is 1. The molecule has 0 saturated carbocycles. The largest absolute Gasteiger partial charge is 0.462 e. The predicted molar refractivity (Wildman–Crippen MR) is 54.2 cm³/mol. The van der Waals surface area contributed by atoms with E-state index in [1.165, 1.54) is 11.3 Å². The van der Waals surface area contributed by atoms with Gasteiger partial charge in [-0.2, -0.15) is 0 Å². The van der Waals surface area contributed by atoms with E-state index in [1.54, 1.807) is 0 Å². The van der Waals surface area contributed by atoms with Crippen molar-refractivity contribution in [2.75, 3.05) is 6.61 Å². The second-order valence-electron chi connectivity index (χ2n) is 2.90. The number of carbonyl (C=O) groups is 1. The van der Waals surface area contributed by atoms with Crippen LogP contribution in [0.15, 0.2) is 12.1 Å². The van der Waals surface area contributed by atoms with E-state index in [1.807, 2.05) is 19.1 Å². The van der Waals surface area contributed by atoms with Crippen LogP contribution < -0.4 is 0 Å². The summed E-state index contributed by atoms with van der Waals surface area (Å²) in [5, 5.41) is 0. The number of esters is 1. The zero-order valence-electron chi connectivity index (χ0n) is 8.00. The molecule has 0 bridgehead atoms. The molecule has 0 aliphatic rings. The summed E-state index contributed by atoms with van der Waals surface area (Å²) in [5.74, 6) is -0.188. The Morgan fingerprint density at radius 3 is 2.85 bits per heavy atom. The lowest BCUT2D eigenvalue weighted by molar-refractivity contribution is 0.0505. The van der Waals surface area contributed by atoms with E-state index < -0.39 is 0 Å². The summed E-state index contributed by atoms with van der Waals surface area (Å²) >= 11 is 1.48. The molecule has 1 rings (SSSR count). The van der Waals surface area contributed by atoms with E-state index >= 15 is 0 Å². The molecule has 0 fully saturated rings. The van der Waals surface area contributed by atoms with Crippen molar-refractivity contribution in [2.24, 2.45) is 0 Å². The molecule has 72 valence electrons. The smallest absolute Gasteiger partial charge is 0.348 e. The van der Waals surface area contributed by atoms with Crippen LogP contribution in [0.2, 0.25) is 0 Å². The summed E-state index contributed by atoms with van der Waals surface area (Å²) < 4.78 is 5.05. The first-order valence-electron chi connectivity index (χ1n) is 4.47. The molecule has 0 aromatic carbocycles. The van der Waals surface area contributed by atoms with E-state index in [2.05, 4.69) is 6.92 Å². The number of hydrogen-bond donors (Lipinski definition) is 0. The molecule has 0 radical (unpaired) electrons. The van der Waals surface area contributed by atoms with Crippen LogP contribution in [0, 0.1) is 6.92 Å². The second-order valence-corrected chi connectivity index (χ2v) is 4.19. The molecular weight excluding hydrogens is 184 g/mol. The monoisotopic (exact) mass is 198 g/mol. The molecule has 1 aromatic rings. The van der Waals surface area contributed by atoms with Gasteiger partial charge in [-0.15, -0.1) is 11.3 Å². The molecule has 2 nitrogen and oxygen atoms in total. The van der Waals surface area contributed by atoms with Crippen molar-refractivity contribution in [1.29, 1.82) is 0 Å². The van der Waals surface area contributed by atoms with Gasteiger partial charge in [-0.1, -0.05) is 13.3 Å². The maximum absolute atomic E-state index is 11.3. The van der Waals surface area contributed by atoms with Crippen molar-refractivity contribution >= 4 is 17.3 Å². The van der Waals surface area contributed by atoms with E-state index in [9.17, 15) is 4.79 Å². The summed E-state index contributed by atoms with van der Waals surface area (Å²) in [6.45, 7) is 4.59. The Morgan fingerprint density at radius 2 is 2.31 bits per heavy atom. The van der Waals surface area contributed by atoms with Gasteiger partial charge < -0.3 is 4.74 Å². The first-order valence-corrected chi connectivity index (χ1v) is 5.29. The molecule has 0 N–H and O–H groups in total. The number of hydrogen-bond acceptors (Lipinski definition) is 3. The highest BCUT2D eigenvalue weighted by Crippen LogP contribution is 2.15. The van der Waals surface area contributed by atoms with Crippen LogP contribution in [0.25, 0.3) is 0 Å². The Balaban J connectivity index is 2.40. The highest BCUT2D eigenvalue weighted by Gasteiger charge is 2.08. The maximum Gasteiger partial charge on any atom is 0.348 e. The van der Waals surface area contributed by atoms with Crippen molar-refractivity contribution in [3.05, 3.63) is 21.9 Å². The van der Waals surface area contributed by atoms with Crippen molar-refractivity contribution in [3.63, 3.8) is 0 Å². The number of unbranched alkanes of at least 4 members (excludes halogenated alkanes) is 1. The van der Waals surface area contributed by atoms with Gasteiger partial charge >= 0.3 is 5.97 Å². The van der Waals surface area contributed by atoms with Crippen LogP contribution in [0.4, 0.5) is 0 Å². The lowest BCUT2D eigenvalue weighted by Crippen LogP contribution is -2.03. The Morgan fingerprint density at radius 1 is 1.54 bits per heavy atom. The fourth-order valence-corrected chi connectivity index (χ4v) is 1.69. The van der Waals surface area contributed by atoms with Gasteiger partial charge in [0, 0.05) is 4.88 Å². The summed E-state index contributed by atoms with van der Waals surface area (Å²) in [6, 6.07) is 3.75. The molecular formula is C10H14O2S. The third kappa shape index (κ3) is 3.19. The fraction of sp³-hybridized carbons (Fsp3) is 0.500. The average molecular weight is 198 g/mol. The van der Waals surface area contributed by atoms with Gasteiger partial charge in [0.1, 0.15) is 4.88 Å². The van der Waals surface area contributed by atoms with Crippen LogP contribution in [0.1, 0.15) is 34.3 Å². The van der Waals surface area contributed by atoms with Gasteiger partial charge in [0.25, 0.3) is 0 Å². The highest BCUT2D eigenvalue weighted by atomic mass is 32.1. The summed E-state index contributed by atoms with van der Waals surface area (Å²) in [7, 11) is 0. The van der Waals surface area contributed by atoms with Crippen LogP contribution in [0.5, 0.6) is 0 Å². The summed E-state index contributed by atoms with van der Waals surface area (Å²) in [6.07, 6.45) is 1.99. The van der Waals surface area contributed by atoms with Gasteiger partial charge in [-0.25, -0.2) is 4.79 Å². The maximum atomic E-state index is 11.3. The Bertz CT molecular complexity index is 278. The molecule has 0 unspecified atom stereocenters. The van der Waals surface area contributed by atoms with Crippen molar-refractivity contribution in [1.82, 2.24) is 0 Å². The second kappa shape index (κ2) is 5.02. The first-order chi connectivity index (χ1) is 6.24. The lowest BCUT2D eigenvalue weighted by Gasteiger charge is -2.00. The van der Waals surface area contributed by atoms with Gasteiger partial charge in [0.15, 0.2) is 0 Å². The molecule has 13 heavy (non-hydrogen) atoms. The molecule has 1 heterocycles. The number of rotatable bonds is 4. The van der Waals surface area contributed by atoms with Crippen molar-refractivity contribution in [3.8, 4) is 0 Å². The van der Waals surface area contributed by atoms with Gasteiger partial charge in [-0.05, 0) is 25.5 Å². The standard InChI is InChI=1S/C10H14O2S/c1-3-4-7-12-10(11)9-6-5-8(2)13-9/h5-6H,3-4,7H2,1-2H3.